The molecule has 116 valence electrons. The largest absolute Gasteiger partial charge is 0.333 e. The molecule has 4 heteroatoms. The molecule has 0 fully saturated rings. The normalized spacial score (nSPS) is 12.0. The molecule has 0 saturated heterocycles. The molecule has 2 aromatic rings. The Morgan fingerprint density at radius 3 is 2.73 bits per heavy atom. The van der Waals surface area contributed by atoms with Crippen molar-refractivity contribution < 1.29 is 10.1 Å². The molecule has 0 radical (unpaired) electrons. The lowest BCUT2D eigenvalue weighted by atomic mass is 10.1. The predicted octanol–water partition coefficient (Wildman–Crippen LogP) is 3.22. The molecule has 0 bridgehead atoms. The monoisotopic (exact) mass is 317 g/mol. The quantitative estimate of drug-likeness (QED) is 0.874. The third-order valence-corrected chi connectivity index (χ3v) is 3.93. The number of halogens is 1. The summed E-state index contributed by atoms with van der Waals surface area (Å²) in [6.45, 7) is 6.45. The number of nitrogens with two attached hydrogens (primary N) is 1. The van der Waals surface area contributed by atoms with Gasteiger partial charge in [-0.05, 0) is 50.1 Å². The number of nitrogens with one attached hydrogen (secondary N) is 1. The molecule has 0 heterocycles. The number of anilines is 1. The van der Waals surface area contributed by atoms with Crippen LogP contribution in [0.3, 0.4) is 0 Å². The van der Waals surface area contributed by atoms with Crippen LogP contribution in [-0.2, 0) is 4.79 Å². The number of carbonyl (C=O) groups is 1. The zero-order chi connectivity index (χ0) is 16.1. The van der Waals surface area contributed by atoms with E-state index < -0.39 is 0 Å². The lowest BCUT2D eigenvalue weighted by Gasteiger charge is -2.12. The highest BCUT2D eigenvalue weighted by Gasteiger charge is 2.12. The van der Waals surface area contributed by atoms with E-state index in [1.54, 1.807) is 0 Å². The standard InChI is InChI=1S/C18H21ClN2O/c1-12-7-8-13(2)17(9-12)21-18(22)11-20-14(3)15-5-4-6-16(19)10-15/h4-10,14,20H,11H2,1-3H3,(H,21,22)/p+1/t14-/m0/s1. The lowest BCUT2D eigenvalue weighted by molar-refractivity contribution is -0.682. The van der Waals surface area contributed by atoms with Crippen LogP contribution >= 0.6 is 11.6 Å². The predicted molar refractivity (Wildman–Crippen MR) is 91.2 cm³/mol. The number of benzene rings is 2. The first kappa shape index (κ1) is 16.5. The average molecular weight is 318 g/mol. The van der Waals surface area contributed by atoms with Gasteiger partial charge in [0.2, 0.25) is 0 Å². The zero-order valence-electron chi connectivity index (χ0n) is 13.2. The highest BCUT2D eigenvalue weighted by Crippen LogP contribution is 2.16. The SMILES string of the molecule is Cc1ccc(C)c(NC(=O)C[NH2+][C@@H](C)c2cccc(Cl)c2)c1. The molecule has 0 aliphatic rings. The van der Waals surface area contributed by atoms with Gasteiger partial charge in [0.1, 0.15) is 6.04 Å². The minimum atomic E-state index is 0.00239. The Bertz CT molecular complexity index is 670. The van der Waals surface area contributed by atoms with Gasteiger partial charge in [-0.3, -0.25) is 4.79 Å². The second kappa shape index (κ2) is 7.43. The van der Waals surface area contributed by atoms with Crippen LogP contribution in [0.1, 0.15) is 29.7 Å². The van der Waals surface area contributed by atoms with Crippen molar-refractivity contribution in [1.29, 1.82) is 0 Å². The topological polar surface area (TPSA) is 45.7 Å². The molecule has 0 aliphatic carbocycles. The molecule has 2 rings (SSSR count). The van der Waals surface area contributed by atoms with Crippen LogP contribution in [0.5, 0.6) is 0 Å². The Kier molecular flexibility index (Phi) is 5.58. The minimum Gasteiger partial charge on any atom is -0.333 e. The van der Waals surface area contributed by atoms with Crippen LogP contribution in [0.4, 0.5) is 5.69 Å². The Hall–Kier alpha value is -1.84. The Labute approximate surface area is 136 Å². The summed E-state index contributed by atoms with van der Waals surface area (Å²) in [5.41, 5.74) is 4.21. The maximum Gasteiger partial charge on any atom is 0.279 e. The minimum absolute atomic E-state index is 0.00239. The van der Waals surface area contributed by atoms with Crippen molar-refractivity contribution in [2.24, 2.45) is 0 Å². The summed E-state index contributed by atoms with van der Waals surface area (Å²) >= 11 is 6.00. The average Bonchev–Trinajstić information content (AvgIpc) is 2.48. The van der Waals surface area contributed by atoms with Gasteiger partial charge in [0, 0.05) is 16.3 Å². The van der Waals surface area contributed by atoms with Crippen molar-refractivity contribution in [2.45, 2.75) is 26.8 Å². The molecule has 3 N–H and O–H groups in total. The van der Waals surface area contributed by atoms with Gasteiger partial charge in [0.05, 0.1) is 0 Å². The second-order valence-electron chi connectivity index (χ2n) is 5.65. The van der Waals surface area contributed by atoms with E-state index in [9.17, 15) is 4.79 Å². The van der Waals surface area contributed by atoms with Gasteiger partial charge >= 0.3 is 0 Å². The number of amides is 1. The van der Waals surface area contributed by atoms with Gasteiger partial charge in [-0.25, -0.2) is 0 Å². The Morgan fingerprint density at radius 2 is 2.00 bits per heavy atom. The molecular weight excluding hydrogens is 296 g/mol. The van der Waals surface area contributed by atoms with Crippen LogP contribution in [0.25, 0.3) is 0 Å². The molecule has 0 spiro atoms. The summed E-state index contributed by atoms with van der Waals surface area (Å²) in [6.07, 6.45) is 0. The fourth-order valence-electron chi connectivity index (χ4n) is 2.28. The van der Waals surface area contributed by atoms with Crippen LogP contribution in [0, 0.1) is 13.8 Å². The molecule has 22 heavy (non-hydrogen) atoms. The van der Waals surface area contributed by atoms with Crippen LogP contribution < -0.4 is 10.6 Å². The van der Waals surface area contributed by atoms with Gasteiger partial charge in [0.25, 0.3) is 5.91 Å². The van der Waals surface area contributed by atoms with Crippen molar-refractivity contribution in [3.8, 4) is 0 Å². The van der Waals surface area contributed by atoms with E-state index in [-0.39, 0.29) is 11.9 Å². The fourth-order valence-corrected chi connectivity index (χ4v) is 2.48. The van der Waals surface area contributed by atoms with Crippen molar-refractivity contribution in [3.05, 3.63) is 64.2 Å². The number of quaternary nitrogens is 1. The molecule has 3 nitrogen and oxygen atoms in total. The first-order valence-corrected chi connectivity index (χ1v) is 7.79. The maximum absolute atomic E-state index is 12.1. The lowest BCUT2D eigenvalue weighted by Crippen LogP contribution is -2.86. The van der Waals surface area contributed by atoms with Crippen molar-refractivity contribution in [1.82, 2.24) is 0 Å². The van der Waals surface area contributed by atoms with E-state index >= 15 is 0 Å². The highest BCUT2D eigenvalue weighted by atomic mass is 35.5. The third kappa shape index (κ3) is 4.58. The Balaban J connectivity index is 1.91. The fraction of sp³-hybridized carbons (Fsp3) is 0.278. The molecule has 1 amide bonds. The van der Waals surface area contributed by atoms with Gasteiger partial charge < -0.3 is 10.6 Å². The number of hydrogen-bond acceptors (Lipinski definition) is 1. The summed E-state index contributed by atoms with van der Waals surface area (Å²) in [4.78, 5) is 12.1. The molecule has 0 unspecified atom stereocenters. The summed E-state index contributed by atoms with van der Waals surface area (Å²) in [7, 11) is 0. The molecular formula is C18H22ClN2O+. The first-order chi connectivity index (χ1) is 10.5. The third-order valence-electron chi connectivity index (χ3n) is 3.70. The van der Waals surface area contributed by atoms with E-state index in [1.807, 2.05) is 61.6 Å². The van der Waals surface area contributed by atoms with Gasteiger partial charge in [-0.15, -0.1) is 0 Å². The number of aryl methyl sites for hydroxylation is 2. The van der Waals surface area contributed by atoms with Gasteiger partial charge in [-0.2, -0.15) is 0 Å². The maximum atomic E-state index is 12.1. The van der Waals surface area contributed by atoms with E-state index in [4.69, 9.17) is 11.6 Å². The molecule has 0 aromatic heterocycles. The van der Waals surface area contributed by atoms with E-state index in [2.05, 4.69) is 12.2 Å². The van der Waals surface area contributed by atoms with Crippen LogP contribution in [0.15, 0.2) is 42.5 Å². The number of rotatable bonds is 5. The zero-order valence-corrected chi connectivity index (χ0v) is 13.9. The molecule has 0 saturated carbocycles. The summed E-state index contributed by atoms with van der Waals surface area (Å²) in [5.74, 6) is 0.00239. The van der Waals surface area contributed by atoms with E-state index in [1.165, 1.54) is 0 Å². The number of carbonyl (C=O) groups excluding carboxylic acids is 1. The second-order valence-corrected chi connectivity index (χ2v) is 6.09. The number of hydrogen-bond donors (Lipinski definition) is 2. The van der Waals surface area contributed by atoms with Gasteiger partial charge in [-0.1, -0.05) is 35.9 Å². The van der Waals surface area contributed by atoms with E-state index in [0.29, 0.717) is 6.54 Å². The highest BCUT2D eigenvalue weighted by molar-refractivity contribution is 6.30. The summed E-state index contributed by atoms with van der Waals surface area (Å²) < 4.78 is 0. The molecule has 0 aliphatic heterocycles. The van der Waals surface area contributed by atoms with Crippen molar-refractivity contribution >= 4 is 23.2 Å². The molecule has 2 aromatic carbocycles. The van der Waals surface area contributed by atoms with Crippen LogP contribution in [-0.4, -0.2) is 12.5 Å². The Morgan fingerprint density at radius 1 is 1.23 bits per heavy atom. The summed E-state index contributed by atoms with van der Waals surface area (Å²) in [5, 5.41) is 5.70. The van der Waals surface area contributed by atoms with Gasteiger partial charge in [0.15, 0.2) is 6.54 Å². The summed E-state index contributed by atoms with van der Waals surface area (Å²) in [6, 6.07) is 14.0. The molecule has 1 atom stereocenters. The van der Waals surface area contributed by atoms with Crippen LogP contribution in [0.2, 0.25) is 5.02 Å². The van der Waals surface area contributed by atoms with Crippen molar-refractivity contribution in [2.75, 3.05) is 11.9 Å². The van der Waals surface area contributed by atoms with Crippen molar-refractivity contribution in [3.63, 3.8) is 0 Å². The first-order valence-electron chi connectivity index (χ1n) is 7.41. The smallest absolute Gasteiger partial charge is 0.279 e. The van der Waals surface area contributed by atoms with E-state index in [0.717, 1.165) is 27.4 Å².